The van der Waals surface area contributed by atoms with Crippen molar-refractivity contribution in [2.45, 2.75) is 44.1 Å². The van der Waals surface area contributed by atoms with Crippen molar-refractivity contribution in [2.75, 3.05) is 0 Å². The molecule has 0 spiro atoms. The third kappa shape index (κ3) is 1.44. The van der Waals surface area contributed by atoms with Crippen LogP contribution in [0.15, 0.2) is 0 Å². The molecule has 1 aromatic rings. The van der Waals surface area contributed by atoms with E-state index in [1.165, 1.54) is 32.1 Å². The van der Waals surface area contributed by atoms with E-state index < -0.39 is 0 Å². The molecular weight excluding hydrogens is 240 g/mol. The fourth-order valence-electron chi connectivity index (χ4n) is 4.65. The molecule has 5 nitrogen and oxygen atoms in total. The molecule has 1 heterocycles. The molecule has 4 fully saturated rings. The number of rotatable bonds is 3. The SMILES string of the molecule is O=C(NC1C2C3CCC(C3)C12)c1n[nH]c(C2CC2)n1. The normalized spacial score (nSPS) is 42.2. The first-order valence-corrected chi connectivity index (χ1v) is 7.54. The first-order valence-electron chi connectivity index (χ1n) is 7.54. The van der Waals surface area contributed by atoms with Crippen LogP contribution in [0.3, 0.4) is 0 Å². The smallest absolute Gasteiger partial charge is 0.291 e. The summed E-state index contributed by atoms with van der Waals surface area (Å²) in [5.74, 6) is 4.96. The van der Waals surface area contributed by atoms with Gasteiger partial charge in [-0.1, -0.05) is 0 Å². The molecule has 5 rings (SSSR count). The Morgan fingerprint density at radius 1 is 1.16 bits per heavy atom. The number of nitrogens with zero attached hydrogens (tertiary/aromatic N) is 2. The number of hydrogen-bond acceptors (Lipinski definition) is 3. The van der Waals surface area contributed by atoms with Gasteiger partial charge in [-0.2, -0.15) is 0 Å². The summed E-state index contributed by atoms with van der Waals surface area (Å²) in [6, 6.07) is 0.418. The molecule has 1 amide bonds. The van der Waals surface area contributed by atoms with Gasteiger partial charge in [0.15, 0.2) is 0 Å². The number of amides is 1. The quantitative estimate of drug-likeness (QED) is 0.862. The monoisotopic (exact) mass is 258 g/mol. The van der Waals surface area contributed by atoms with Gasteiger partial charge >= 0.3 is 0 Å². The van der Waals surface area contributed by atoms with Crippen molar-refractivity contribution >= 4 is 5.91 Å². The van der Waals surface area contributed by atoms with E-state index in [4.69, 9.17) is 0 Å². The molecule has 19 heavy (non-hydrogen) atoms. The molecule has 0 aromatic carbocycles. The maximum atomic E-state index is 12.2. The van der Waals surface area contributed by atoms with Crippen molar-refractivity contribution in [2.24, 2.45) is 23.7 Å². The lowest BCUT2D eigenvalue weighted by Crippen LogP contribution is -2.30. The zero-order valence-electron chi connectivity index (χ0n) is 10.8. The minimum absolute atomic E-state index is 0.0815. The van der Waals surface area contributed by atoms with Crippen LogP contribution in [0.1, 0.15) is 54.5 Å². The Morgan fingerprint density at radius 2 is 1.89 bits per heavy atom. The lowest BCUT2D eigenvalue weighted by atomic mass is 10.0. The van der Waals surface area contributed by atoms with Gasteiger partial charge in [-0.15, -0.1) is 5.10 Å². The molecule has 4 aliphatic rings. The fraction of sp³-hybridized carbons (Fsp3) is 0.786. The van der Waals surface area contributed by atoms with Crippen LogP contribution in [0.2, 0.25) is 0 Å². The highest BCUT2D eigenvalue weighted by atomic mass is 16.2. The van der Waals surface area contributed by atoms with E-state index in [-0.39, 0.29) is 5.91 Å². The summed E-state index contributed by atoms with van der Waals surface area (Å²) >= 11 is 0. The summed E-state index contributed by atoms with van der Waals surface area (Å²) in [5.41, 5.74) is 0. The average molecular weight is 258 g/mol. The Balaban J connectivity index is 1.28. The van der Waals surface area contributed by atoms with Crippen LogP contribution in [0.5, 0.6) is 0 Å². The summed E-state index contributed by atoms with van der Waals surface area (Å²) in [4.78, 5) is 16.5. The highest BCUT2D eigenvalue weighted by Gasteiger charge is 2.65. The van der Waals surface area contributed by atoms with E-state index in [0.29, 0.717) is 17.8 Å². The Bertz CT molecular complexity index is 533. The molecule has 2 N–H and O–H groups in total. The van der Waals surface area contributed by atoms with Crippen molar-refractivity contribution < 1.29 is 4.79 Å². The van der Waals surface area contributed by atoms with E-state index >= 15 is 0 Å². The van der Waals surface area contributed by atoms with Crippen LogP contribution in [0.4, 0.5) is 0 Å². The molecule has 4 saturated carbocycles. The molecule has 4 unspecified atom stereocenters. The number of aromatic nitrogens is 3. The van der Waals surface area contributed by atoms with Gasteiger partial charge in [0, 0.05) is 12.0 Å². The molecule has 2 bridgehead atoms. The molecule has 0 radical (unpaired) electrons. The number of aromatic amines is 1. The number of H-pyrrole nitrogens is 1. The van der Waals surface area contributed by atoms with Gasteiger partial charge in [0.2, 0.25) is 5.82 Å². The second-order valence-corrected chi connectivity index (χ2v) is 6.81. The summed E-state index contributed by atoms with van der Waals surface area (Å²) < 4.78 is 0. The third-order valence-electron chi connectivity index (χ3n) is 5.70. The third-order valence-corrected chi connectivity index (χ3v) is 5.70. The first-order chi connectivity index (χ1) is 9.31. The van der Waals surface area contributed by atoms with E-state index in [0.717, 1.165) is 29.5 Å². The number of carbonyl (C=O) groups excluding carboxylic acids is 1. The second kappa shape index (κ2) is 3.38. The standard InChI is InChI=1S/C14H18N4O/c19-14(13-16-12(17-18-13)6-1-2-6)15-11-9-7-3-4-8(5-7)10(9)11/h6-11H,1-5H2,(H,15,19)(H,16,17,18). The molecule has 0 aliphatic heterocycles. The number of fused-ring (bicyclic) bond motifs is 5. The zero-order valence-corrected chi connectivity index (χ0v) is 10.8. The summed E-state index contributed by atoms with van der Waals surface area (Å²) in [6.07, 6.45) is 6.52. The van der Waals surface area contributed by atoms with Gasteiger partial charge in [-0.25, -0.2) is 4.98 Å². The highest BCUT2D eigenvalue weighted by molar-refractivity contribution is 5.90. The maximum Gasteiger partial charge on any atom is 0.291 e. The Labute approximate surface area is 111 Å². The van der Waals surface area contributed by atoms with Gasteiger partial charge in [0.25, 0.3) is 5.91 Å². The zero-order chi connectivity index (χ0) is 12.6. The molecule has 4 aliphatic carbocycles. The van der Waals surface area contributed by atoms with Crippen molar-refractivity contribution in [3.8, 4) is 0 Å². The van der Waals surface area contributed by atoms with Crippen molar-refractivity contribution in [3.05, 3.63) is 11.6 Å². The van der Waals surface area contributed by atoms with Gasteiger partial charge < -0.3 is 5.32 Å². The van der Waals surface area contributed by atoms with E-state index in [1.807, 2.05) is 0 Å². The fourth-order valence-corrected chi connectivity index (χ4v) is 4.65. The van der Waals surface area contributed by atoms with E-state index in [1.54, 1.807) is 0 Å². The Hall–Kier alpha value is -1.39. The van der Waals surface area contributed by atoms with Gasteiger partial charge in [-0.05, 0) is 55.8 Å². The molecular formula is C14H18N4O. The molecule has 100 valence electrons. The van der Waals surface area contributed by atoms with E-state index in [9.17, 15) is 4.79 Å². The highest BCUT2D eigenvalue weighted by Crippen LogP contribution is 2.65. The Kier molecular flexibility index (Phi) is 1.85. The van der Waals surface area contributed by atoms with Crippen LogP contribution in [-0.4, -0.2) is 27.1 Å². The lowest BCUT2D eigenvalue weighted by Gasteiger charge is -2.08. The second-order valence-electron chi connectivity index (χ2n) is 6.81. The maximum absolute atomic E-state index is 12.2. The molecule has 5 heteroatoms. The summed E-state index contributed by atoms with van der Waals surface area (Å²) in [6.45, 7) is 0. The van der Waals surface area contributed by atoms with Crippen LogP contribution >= 0.6 is 0 Å². The van der Waals surface area contributed by atoms with Crippen molar-refractivity contribution in [3.63, 3.8) is 0 Å². The van der Waals surface area contributed by atoms with E-state index in [2.05, 4.69) is 20.5 Å². The number of hydrogen-bond donors (Lipinski definition) is 2. The predicted octanol–water partition coefficient (Wildman–Crippen LogP) is 1.46. The van der Waals surface area contributed by atoms with Crippen LogP contribution in [-0.2, 0) is 0 Å². The van der Waals surface area contributed by atoms with Crippen LogP contribution in [0.25, 0.3) is 0 Å². The van der Waals surface area contributed by atoms with Crippen molar-refractivity contribution in [1.29, 1.82) is 0 Å². The summed E-state index contributed by atoms with van der Waals surface area (Å²) in [7, 11) is 0. The predicted molar refractivity (Wildman–Crippen MR) is 67.4 cm³/mol. The lowest BCUT2D eigenvalue weighted by molar-refractivity contribution is 0.0934. The van der Waals surface area contributed by atoms with Gasteiger partial charge in [-0.3, -0.25) is 9.89 Å². The van der Waals surface area contributed by atoms with Gasteiger partial charge in [0.1, 0.15) is 5.82 Å². The Morgan fingerprint density at radius 3 is 2.58 bits per heavy atom. The van der Waals surface area contributed by atoms with Gasteiger partial charge in [0.05, 0.1) is 0 Å². The largest absolute Gasteiger partial charge is 0.346 e. The number of carbonyl (C=O) groups is 1. The van der Waals surface area contributed by atoms with Crippen LogP contribution in [0, 0.1) is 23.7 Å². The van der Waals surface area contributed by atoms with Crippen molar-refractivity contribution in [1.82, 2.24) is 20.5 Å². The average Bonchev–Trinajstić information content (AvgIpc) is 3.23. The first kappa shape index (κ1) is 10.4. The van der Waals surface area contributed by atoms with Crippen LogP contribution < -0.4 is 5.32 Å². The minimum Gasteiger partial charge on any atom is -0.346 e. The molecule has 1 aromatic heterocycles. The minimum atomic E-state index is -0.0815. The molecule has 0 saturated heterocycles. The topological polar surface area (TPSA) is 70.7 Å². The molecule has 4 atom stereocenters. The summed E-state index contributed by atoms with van der Waals surface area (Å²) in [5, 5.41) is 10.1. The number of nitrogens with one attached hydrogen (secondary N) is 2.